The average molecular weight is 335 g/mol. The normalized spacial score (nSPS) is 16.7. The molecule has 118 valence electrons. The van der Waals surface area contributed by atoms with Crippen LogP contribution in [-0.4, -0.2) is 46.9 Å². The molecular formula is C16H21N3OS2. The molecule has 0 unspecified atom stereocenters. The molecule has 0 bridgehead atoms. The van der Waals surface area contributed by atoms with E-state index in [1.807, 2.05) is 16.5 Å². The number of carbonyl (C=O) groups excluding carboxylic acids is 1. The Balaban J connectivity index is 1.61. The van der Waals surface area contributed by atoms with E-state index in [1.165, 1.54) is 10.4 Å². The van der Waals surface area contributed by atoms with E-state index in [9.17, 15) is 4.79 Å². The van der Waals surface area contributed by atoms with E-state index in [0.717, 1.165) is 49.7 Å². The minimum atomic E-state index is 0.191. The lowest BCUT2D eigenvalue weighted by Crippen LogP contribution is -2.34. The molecule has 3 heterocycles. The van der Waals surface area contributed by atoms with Gasteiger partial charge in [0.2, 0.25) is 0 Å². The molecule has 1 fully saturated rings. The molecule has 2 aromatic rings. The predicted molar refractivity (Wildman–Crippen MR) is 91.7 cm³/mol. The van der Waals surface area contributed by atoms with Gasteiger partial charge in [0.05, 0.1) is 16.1 Å². The molecular weight excluding hydrogens is 314 g/mol. The number of rotatable bonds is 3. The topological polar surface area (TPSA) is 36.4 Å². The lowest BCUT2D eigenvalue weighted by Gasteiger charge is -2.21. The fourth-order valence-corrected chi connectivity index (χ4v) is 4.26. The quantitative estimate of drug-likeness (QED) is 0.864. The number of aromatic nitrogens is 1. The zero-order valence-electron chi connectivity index (χ0n) is 13.0. The second kappa shape index (κ2) is 6.89. The van der Waals surface area contributed by atoms with Crippen LogP contribution in [-0.2, 0) is 6.54 Å². The molecule has 0 radical (unpaired) electrons. The van der Waals surface area contributed by atoms with Crippen molar-refractivity contribution in [1.29, 1.82) is 0 Å². The van der Waals surface area contributed by atoms with Gasteiger partial charge in [-0.15, -0.1) is 22.7 Å². The molecule has 0 saturated carbocycles. The van der Waals surface area contributed by atoms with Gasteiger partial charge >= 0.3 is 0 Å². The van der Waals surface area contributed by atoms with Gasteiger partial charge in [0, 0.05) is 43.0 Å². The number of aryl methyl sites for hydroxylation is 2. The summed E-state index contributed by atoms with van der Waals surface area (Å²) in [6.07, 6.45) is 1.03. The highest BCUT2D eigenvalue weighted by atomic mass is 32.1. The third-order valence-electron chi connectivity index (χ3n) is 4.12. The molecule has 0 spiro atoms. The van der Waals surface area contributed by atoms with E-state index in [0.29, 0.717) is 0 Å². The van der Waals surface area contributed by atoms with Gasteiger partial charge in [-0.25, -0.2) is 4.98 Å². The summed E-state index contributed by atoms with van der Waals surface area (Å²) in [6.45, 7) is 8.65. The van der Waals surface area contributed by atoms with Crippen LogP contribution in [0.15, 0.2) is 17.0 Å². The summed E-state index contributed by atoms with van der Waals surface area (Å²) in [6, 6.07) is 2.03. The molecule has 6 heteroatoms. The van der Waals surface area contributed by atoms with Crippen LogP contribution in [0.2, 0.25) is 0 Å². The fraction of sp³-hybridized carbons (Fsp3) is 0.500. The van der Waals surface area contributed by atoms with Crippen LogP contribution in [0, 0.1) is 13.8 Å². The Morgan fingerprint density at radius 1 is 1.27 bits per heavy atom. The smallest absolute Gasteiger partial charge is 0.263 e. The zero-order valence-corrected chi connectivity index (χ0v) is 14.7. The SMILES string of the molecule is Cc1cc(C(=O)N2CCCN(Cc3cscn3)CC2)sc1C. The van der Waals surface area contributed by atoms with Crippen molar-refractivity contribution in [2.45, 2.75) is 26.8 Å². The second-order valence-electron chi connectivity index (χ2n) is 5.75. The van der Waals surface area contributed by atoms with E-state index >= 15 is 0 Å². The molecule has 2 aromatic heterocycles. The van der Waals surface area contributed by atoms with Crippen LogP contribution in [0.4, 0.5) is 0 Å². The maximum Gasteiger partial charge on any atom is 0.263 e. The van der Waals surface area contributed by atoms with Gasteiger partial charge in [-0.2, -0.15) is 0 Å². The molecule has 4 nitrogen and oxygen atoms in total. The zero-order chi connectivity index (χ0) is 15.5. The Kier molecular flexibility index (Phi) is 4.90. The van der Waals surface area contributed by atoms with E-state index in [2.05, 4.69) is 29.1 Å². The first-order chi connectivity index (χ1) is 10.6. The summed E-state index contributed by atoms with van der Waals surface area (Å²) in [7, 11) is 0. The standard InChI is InChI=1S/C16H21N3OS2/c1-12-8-15(22-13(12)2)16(20)19-5-3-4-18(6-7-19)9-14-10-21-11-17-14/h8,10-11H,3-7,9H2,1-2H3. The van der Waals surface area contributed by atoms with Crippen LogP contribution in [0.5, 0.6) is 0 Å². The van der Waals surface area contributed by atoms with Crippen LogP contribution in [0.3, 0.4) is 0 Å². The Morgan fingerprint density at radius 2 is 2.14 bits per heavy atom. The van der Waals surface area contributed by atoms with E-state index in [1.54, 1.807) is 22.7 Å². The molecule has 3 rings (SSSR count). The first-order valence-electron chi connectivity index (χ1n) is 7.59. The predicted octanol–water partition coefficient (Wildman–Crippen LogP) is 3.17. The molecule has 1 aliphatic rings. The van der Waals surface area contributed by atoms with Crippen molar-refractivity contribution in [2.75, 3.05) is 26.2 Å². The molecule has 1 amide bonds. The van der Waals surface area contributed by atoms with Crippen molar-refractivity contribution in [3.63, 3.8) is 0 Å². The second-order valence-corrected chi connectivity index (χ2v) is 7.73. The third-order valence-corrected chi connectivity index (χ3v) is 5.90. The van der Waals surface area contributed by atoms with Crippen molar-refractivity contribution < 1.29 is 4.79 Å². The summed E-state index contributed by atoms with van der Waals surface area (Å²) < 4.78 is 0. The van der Waals surface area contributed by atoms with Crippen LogP contribution >= 0.6 is 22.7 Å². The molecule has 0 atom stereocenters. The first-order valence-corrected chi connectivity index (χ1v) is 9.35. The van der Waals surface area contributed by atoms with Crippen molar-refractivity contribution >= 4 is 28.6 Å². The molecule has 0 aliphatic carbocycles. The number of amides is 1. The highest BCUT2D eigenvalue weighted by Gasteiger charge is 2.22. The Labute approximate surface area is 139 Å². The van der Waals surface area contributed by atoms with E-state index in [4.69, 9.17) is 0 Å². The van der Waals surface area contributed by atoms with Gasteiger partial charge < -0.3 is 4.90 Å². The fourth-order valence-electron chi connectivity index (χ4n) is 2.71. The van der Waals surface area contributed by atoms with Crippen molar-refractivity contribution in [1.82, 2.24) is 14.8 Å². The van der Waals surface area contributed by atoms with Crippen molar-refractivity contribution in [2.24, 2.45) is 0 Å². The maximum absolute atomic E-state index is 12.6. The molecule has 22 heavy (non-hydrogen) atoms. The minimum absolute atomic E-state index is 0.191. The van der Waals surface area contributed by atoms with Gasteiger partial charge in [0.25, 0.3) is 5.91 Å². The Bertz CT molecular complexity index is 616. The van der Waals surface area contributed by atoms with Crippen molar-refractivity contribution in [3.05, 3.63) is 38.0 Å². The van der Waals surface area contributed by atoms with Gasteiger partial charge in [-0.05, 0) is 31.9 Å². The highest BCUT2D eigenvalue weighted by Crippen LogP contribution is 2.22. The Hall–Kier alpha value is -1.24. The largest absolute Gasteiger partial charge is 0.337 e. The number of carbonyl (C=O) groups is 1. The first kappa shape index (κ1) is 15.6. The lowest BCUT2D eigenvalue weighted by molar-refractivity contribution is 0.0766. The van der Waals surface area contributed by atoms with Gasteiger partial charge in [0.1, 0.15) is 0 Å². The van der Waals surface area contributed by atoms with Crippen LogP contribution in [0.25, 0.3) is 0 Å². The minimum Gasteiger partial charge on any atom is -0.337 e. The maximum atomic E-state index is 12.6. The Morgan fingerprint density at radius 3 is 2.82 bits per heavy atom. The average Bonchev–Trinajstić information content (AvgIpc) is 3.04. The number of thiazole rings is 1. The van der Waals surface area contributed by atoms with Gasteiger partial charge in [-0.1, -0.05) is 0 Å². The van der Waals surface area contributed by atoms with E-state index in [-0.39, 0.29) is 5.91 Å². The highest BCUT2D eigenvalue weighted by molar-refractivity contribution is 7.14. The van der Waals surface area contributed by atoms with Crippen LogP contribution in [0.1, 0.15) is 32.2 Å². The van der Waals surface area contributed by atoms with E-state index < -0.39 is 0 Å². The van der Waals surface area contributed by atoms with Gasteiger partial charge in [0.15, 0.2) is 0 Å². The summed E-state index contributed by atoms with van der Waals surface area (Å²) in [4.78, 5) is 23.5. The molecule has 1 saturated heterocycles. The number of nitrogens with zero attached hydrogens (tertiary/aromatic N) is 3. The summed E-state index contributed by atoms with van der Waals surface area (Å²) in [5, 5.41) is 2.10. The third kappa shape index (κ3) is 3.56. The number of hydrogen-bond acceptors (Lipinski definition) is 5. The van der Waals surface area contributed by atoms with Crippen molar-refractivity contribution in [3.8, 4) is 0 Å². The summed E-state index contributed by atoms with van der Waals surface area (Å²) >= 11 is 3.25. The number of hydrogen-bond donors (Lipinski definition) is 0. The molecule has 1 aliphatic heterocycles. The lowest BCUT2D eigenvalue weighted by atomic mass is 10.2. The number of thiophene rings is 1. The van der Waals surface area contributed by atoms with Gasteiger partial charge in [-0.3, -0.25) is 9.69 Å². The summed E-state index contributed by atoms with van der Waals surface area (Å²) in [5.41, 5.74) is 4.23. The summed E-state index contributed by atoms with van der Waals surface area (Å²) in [5.74, 6) is 0.191. The van der Waals surface area contributed by atoms with Crippen LogP contribution < -0.4 is 0 Å². The molecule has 0 aromatic carbocycles. The monoisotopic (exact) mass is 335 g/mol. The molecule has 0 N–H and O–H groups in total.